The molecule has 0 aliphatic heterocycles. The highest BCUT2D eigenvalue weighted by Gasteiger charge is 2.30. The fourth-order valence-corrected chi connectivity index (χ4v) is 2.28. The zero-order chi connectivity index (χ0) is 17.5. The largest absolute Gasteiger partial charge is 0.480 e. The van der Waals surface area contributed by atoms with Gasteiger partial charge in [0, 0.05) is 6.42 Å². The van der Waals surface area contributed by atoms with Gasteiger partial charge in [0.15, 0.2) is 0 Å². The van der Waals surface area contributed by atoms with Gasteiger partial charge in [-0.05, 0) is 33.3 Å². The molecule has 0 aromatic heterocycles. The van der Waals surface area contributed by atoms with Crippen LogP contribution in [0.5, 0.6) is 0 Å². The minimum absolute atomic E-state index is 0.0375. The van der Waals surface area contributed by atoms with Gasteiger partial charge in [0.05, 0.1) is 11.7 Å². The molecule has 1 aromatic carbocycles. The zero-order valence-electron chi connectivity index (χ0n) is 14.0. The first-order chi connectivity index (χ1) is 10.7. The zero-order valence-corrected chi connectivity index (χ0v) is 14.0. The van der Waals surface area contributed by atoms with E-state index < -0.39 is 23.7 Å². The number of benzene rings is 1. The summed E-state index contributed by atoms with van der Waals surface area (Å²) in [7, 11) is 0. The maximum atomic E-state index is 11.8. The molecule has 0 saturated heterocycles. The van der Waals surface area contributed by atoms with E-state index in [1.807, 2.05) is 44.2 Å². The van der Waals surface area contributed by atoms with Crippen molar-refractivity contribution in [2.45, 2.75) is 58.5 Å². The number of carbonyl (C=O) groups is 2. The van der Waals surface area contributed by atoms with Gasteiger partial charge >= 0.3 is 12.1 Å². The molecule has 6 nitrogen and oxygen atoms in total. The Morgan fingerprint density at radius 1 is 1.22 bits per heavy atom. The predicted molar refractivity (Wildman–Crippen MR) is 86.1 cm³/mol. The van der Waals surface area contributed by atoms with Crippen molar-refractivity contribution >= 4 is 12.1 Å². The average molecular weight is 323 g/mol. The maximum Gasteiger partial charge on any atom is 0.408 e. The van der Waals surface area contributed by atoms with Gasteiger partial charge < -0.3 is 19.9 Å². The van der Waals surface area contributed by atoms with E-state index in [9.17, 15) is 14.7 Å². The summed E-state index contributed by atoms with van der Waals surface area (Å²) in [6.45, 7) is 7.42. The first-order valence-corrected chi connectivity index (χ1v) is 7.57. The average Bonchev–Trinajstić information content (AvgIpc) is 2.43. The van der Waals surface area contributed by atoms with Crippen LogP contribution in [0.25, 0.3) is 0 Å². The molecule has 1 atom stereocenters. The fraction of sp³-hybridized carbons (Fsp3) is 0.529. The van der Waals surface area contributed by atoms with Crippen LogP contribution in [-0.2, 0) is 20.9 Å². The van der Waals surface area contributed by atoms with Crippen LogP contribution in [0.1, 0.15) is 39.7 Å². The first kappa shape index (κ1) is 19.0. The summed E-state index contributed by atoms with van der Waals surface area (Å²) in [4.78, 5) is 23.1. The first-order valence-electron chi connectivity index (χ1n) is 7.57. The second kappa shape index (κ2) is 8.53. The van der Waals surface area contributed by atoms with E-state index in [-0.39, 0.29) is 19.1 Å². The van der Waals surface area contributed by atoms with E-state index in [0.29, 0.717) is 0 Å². The third kappa shape index (κ3) is 7.65. The second-order valence-electron chi connectivity index (χ2n) is 6.23. The topological polar surface area (TPSA) is 84.9 Å². The standard InChI is InChI=1S/C17H25NO5/c1-12(2)23-17(3,4)10-14(15(19)20)18-16(21)22-11-13-8-6-5-7-9-13/h5-9,12,14H,10-11H2,1-4H3,(H,18,21)(H,19,20). The Labute approximate surface area is 136 Å². The molecule has 23 heavy (non-hydrogen) atoms. The Bertz CT molecular complexity index is 513. The van der Waals surface area contributed by atoms with Crippen molar-refractivity contribution in [1.29, 1.82) is 0 Å². The number of amides is 1. The summed E-state index contributed by atoms with van der Waals surface area (Å²) < 4.78 is 10.7. The summed E-state index contributed by atoms with van der Waals surface area (Å²) >= 11 is 0. The van der Waals surface area contributed by atoms with Crippen LogP contribution in [0, 0.1) is 0 Å². The highest BCUT2D eigenvalue weighted by molar-refractivity contribution is 5.79. The third-order valence-corrected chi connectivity index (χ3v) is 3.05. The SMILES string of the molecule is CC(C)OC(C)(C)CC(NC(=O)OCc1ccccc1)C(=O)O. The van der Waals surface area contributed by atoms with E-state index in [1.165, 1.54) is 0 Å². The lowest BCUT2D eigenvalue weighted by Crippen LogP contribution is -2.46. The molecule has 0 spiro atoms. The van der Waals surface area contributed by atoms with Crippen LogP contribution in [-0.4, -0.2) is 34.9 Å². The number of ether oxygens (including phenoxy) is 2. The molecule has 0 aliphatic rings. The van der Waals surface area contributed by atoms with Gasteiger partial charge in [-0.1, -0.05) is 30.3 Å². The van der Waals surface area contributed by atoms with Crippen LogP contribution < -0.4 is 5.32 Å². The quantitative estimate of drug-likeness (QED) is 0.768. The molecule has 1 aromatic rings. The third-order valence-electron chi connectivity index (χ3n) is 3.05. The van der Waals surface area contributed by atoms with Gasteiger partial charge in [-0.3, -0.25) is 0 Å². The molecule has 2 N–H and O–H groups in total. The normalized spacial score (nSPS) is 12.7. The van der Waals surface area contributed by atoms with Crippen molar-refractivity contribution in [1.82, 2.24) is 5.32 Å². The summed E-state index contributed by atoms with van der Waals surface area (Å²) in [6.07, 6.45) is -0.660. The number of carboxylic acids is 1. The fourth-order valence-electron chi connectivity index (χ4n) is 2.28. The molecular weight excluding hydrogens is 298 g/mol. The Morgan fingerprint density at radius 3 is 2.35 bits per heavy atom. The van der Waals surface area contributed by atoms with Crippen LogP contribution >= 0.6 is 0 Å². The molecule has 0 fully saturated rings. The number of nitrogens with one attached hydrogen (secondary N) is 1. The highest BCUT2D eigenvalue weighted by Crippen LogP contribution is 2.19. The van der Waals surface area contributed by atoms with Crippen LogP contribution in [0.2, 0.25) is 0 Å². The van der Waals surface area contributed by atoms with Crippen LogP contribution in [0.3, 0.4) is 0 Å². The lowest BCUT2D eigenvalue weighted by Gasteiger charge is -2.30. The van der Waals surface area contributed by atoms with Gasteiger partial charge in [-0.2, -0.15) is 0 Å². The molecule has 0 bridgehead atoms. The molecule has 0 saturated carbocycles. The van der Waals surface area contributed by atoms with Crippen molar-refractivity contribution < 1.29 is 24.2 Å². The minimum atomic E-state index is -1.12. The van der Waals surface area contributed by atoms with E-state index in [0.717, 1.165) is 5.56 Å². The van der Waals surface area contributed by atoms with E-state index in [2.05, 4.69) is 5.32 Å². The van der Waals surface area contributed by atoms with Gasteiger partial charge in [-0.25, -0.2) is 9.59 Å². The lowest BCUT2D eigenvalue weighted by atomic mass is 9.98. The van der Waals surface area contributed by atoms with Gasteiger partial charge in [0.1, 0.15) is 12.6 Å². The van der Waals surface area contributed by atoms with Gasteiger partial charge in [0.2, 0.25) is 0 Å². The monoisotopic (exact) mass is 323 g/mol. The maximum absolute atomic E-state index is 11.8. The van der Waals surface area contributed by atoms with Crippen LogP contribution in [0.4, 0.5) is 4.79 Å². The number of alkyl carbamates (subject to hydrolysis) is 1. The minimum Gasteiger partial charge on any atom is -0.480 e. The Balaban J connectivity index is 2.55. The van der Waals surface area contributed by atoms with Gasteiger partial charge in [0.25, 0.3) is 0 Å². The lowest BCUT2D eigenvalue weighted by molar-refractivity contribution is -0.142. The predicted octanol–water partition coefficient (Wildman–Crippen LogP) is 2.96. The second-order valence-corrected chi connectivity index (χ2v) is 6.23. The van der Waals surface area contributed by atoms with Crippen molar-refractivity contribution in [3.8, 4) is 0 Å². The van der Waals surface area contributed by atoms with E-state index in [4.69, 9.17) is 9.47 Å². The van der Waals surface area contributed by atoms with Crippen molar-refractivity contribution in [3.63, 3.8) is 0 Å². The molecule has 128 valence electrons. The molecule has 6 heteroatoms. The number of hydrogen-bond donors (Lipinski definition) is 2. The van der Waals surface area contributed by atoms with Crippen molar-refractivity contribution in [2.24, 2.45) is 0 Å². The summed E-state index contributed by atoms with van der Waals surface area (Å²) in [5, 5.41) is 11.7. The Morgan fingerprint density at radius 2 is 1.83 bits per heavy atom. The number of rotatable bonds is 8. The number of hydrogen-bond acceptors (Lipinski definition) is 4. The van der Waals surface area contributed by atoms with Crippen molar-refractivity contribution in [2.75, 3.05) is 0 Å². The molecule has 0 aliphatic carbocycles. The van der Waals surface area contributed by atoms with Crippen LogP contribution in [0.15, 0.2) is 30.3 Å². The highest BCUT2D eigenvalue weighted by atomic mass is 16.5. The van der Waals surface area contributed by atoms with E-state index in [1.54, 1.807) is 13.8 Å². The summed E-state index contributed by atoms with van der Waals surface area (Å²) in [6, 6.07) is 8.10. The number of carboxylic acid groups (broad SMARTS) is 1. The Kier molecular flexibility index (Phi) is 7.03. The molecule has 1 unspecified atom stereocenters. The Hall–Kier alpha value is -2.08. The number of carbonyl (C=O) groups excluding carboxylic acids is 1. The molecular formula is C17H25NO5. The summed E-state index contributed by atoms with van der Waals surface area (Å²) in [5.74, 6) is -1.12. The van der Waals surface area contributed by atoms with Gasteiger partial charge in [-0.15, -0.1) is 0 Å². The summed E-state index contributed by atoms with van der Waals surface area (Å²) in [5.41, 5.74) is 0.155. The number of aliphatic carboxylic acids is 1. The molecule has 0 heterocycles. The smallest absolute Gasteiger partial charge is 0.408 e. The molecule has 0 radical (unpaired) electrons. The van der Waals surface area contributed by atoms with Crippen molar-refractivity contribution in [3.05, 3.63) is 35.9 Å². The molecule has 1 amide bonds. The van der Waals surface area contributed by atoms with E-state index >= 15 is 0 Å². The molecule has 1 rings (SSSR count).